The minimum absolute atomic E-state index is 0.0501. The first-order chi connectivity index (χ1) is 11.8. The molecule has 1 aromatic carbocycles. The van der Waals surface area contributed by atoms with Crippen LogP contribution in [0.25, 0.3) is 0 Å². The zero-order chi connectivity index (χ0) is 18.2. The molecule has 0 aliphatic heterocycles. The van der Waals surface area contributed by atoms with E-state index in [-0.39, 0.29) is 34.6 Å². The second-order valence-corrected chi connectivity index (χ2v) is 8.10. The molecule has 4 heteroatoms. The fraction of sp³-hybridized carbons (Fsp3) is 0.476. The van der Waals surface area contributed by atoms with Gasteiger partial charge in [-0.15, -0.1) is 0 Å². The van der Waals surface area contributed by atoms with E-state index in [0.717, 1.165) is 19.3 Å². The zero-order valence-electron chi connectivity index (χ0n) is 15.0. The third-order valence-corrected chi connectivity index (χ3v) is 5.95. The molecule has 130 valence electrons. The maximum Gasteiger partial charge on any atom is 0.251 e. The third-order valence-electron chi connectivity index (χ3n) is 5.95. The second-order valence-electron chi connectivity index (χ2n) is 8.10. The van der Waals surface area contributed by atoms with Crippen LogP contribution < -0.4 is 5.32 Å². The molecule has 3 atom stereocenters. The van der Waals surface area contributed by atoms with Crippen molar-refractivity contribution in [1.82, 2.24) is 5.32 Å². The van der Waals surface area contributed by atoms with E-state index < -0.39 is 5.41 Å². The maximum atomic E-state index is 12.6. The number of carbonyl (C=O) groups is 2. The topological polar surface area (TPSA) is 70.0 Å². The number of fused-ring (bicyclic) bond motifs is 1. The number of hydrogen-bond donors (Lipinski definition) is 1. The van der Waals surface area contributed by atoms with Crippen LogP contribution in [0.2, 0.25) is 0 Å². The van der Waals surface area contributed by atoms with Crippen LogP contribution >= 0.6 is 0 Å². The van der Waals surface area contributed by atoms with Crippen LogP contribution in [0.4, 0.5) is 0 Å². The molecule has 0 saturated heterocycles. The Bertz CT molecular complexity index is 773. The second kappa shape index (κ2) is 6.15. The van der Waals surface area contributed by atoms with E-state index in [2.05, 4.69) is 18.3 Å². The number of nitrogens with zero attached hydrogens (tertiary/aromatic N) is 1. The molecule has 4 nitrogen and oxygen atoms in total. The number of rotatable bonds is 2. The van der Waals surface area contributed by atoms with Crippen molar-refractivity contribution in [3.63, 3.8) is 0 Å². The van der Waals surface area contributed by atoms with Crippen molar-refractivity contribution in [2.45, 2.75) is 46.1 Å². The number of allylic oxidation sites excluding steroid dienone is 2. The number of ketones is 1. The summed E-state index contributed by atoms with van der Waals surface area (Å²) in [6.07, 6.45) is 4.32. The predicted octanol–water partition coefficient (Wildman–Crippen LogP) is 3.65. The van der Waals surface area contributed by atoms with E-state index in [4.69, 9.17) is 0 Å². The average molecular weight is 336 g/mol. The van der Waals surface area contributed by atoms with Crippen LogP contribution in [0.15, 0.2) is 42.0 Å². The first kappa shape index (κ1) is 17.4. The van der Waals surface area contributed by atoms with Gasteiger partial charge in [0, 0.05) is 17.0 Å². The molecular formula is C21H24N2O2. The van der Waals surface area contributed by atoms with Gasteiger partial charge in [0.1, 0.15) is 6.07 Å². The molecule has 25 heavy (non-hydrogen) atoms. The highest BCUT2D eigenvalue weighted by molar-refractivity contribution is 6.04. The van der Waals surface area contributed by atoms with Crippen molar-refractivity contribution in [2.75, 3.05) is 0 Å². The predicted molar refractivity (Wildman–Crippen MR) is 95.6 cm³/mol. The van der Waals surface area contributed by atoms with E-state index in [1.807, 2.05) is 38.1 Å². The summed E-state index contributed by atoms with van der Waals surface area (Å²) in [5, 5.41) is 12.5. The highest BCUT2D eigenvalue weighted by Crippen LogP contribution is 2.55. The Morgan fingerprint density at radius 3 is 2.52 bits per heavy atom. The lowest BCUT2D eigenvalue weighted by molar-refractivity contribution is -0.131. The quantitative estimate of drug-likeness (QED) is 0.896. The monoisotopic (exact) mass is 336 g/mol. The van der Waals surface area contributed by atoms with Gasteiger partial charge >= 0.3 is 0 Å². The van der Waals surface area contributed by atoms with Gasteiger partial charge in [-0.05, 0) is 42.7 Å². The number of amides is 1. The minimum atomic E-state index is -0.539. The first-order valence-corrected chi connectivity index (χ1v) is 8.81. The molecule has 0 bridgehead atoms. The van der Waals surface area contributed by atoms with Gasteiger partial charge in [-0.2, -0.15) is 5.26 Å². The highest BCUT2D eigenvalue weighted by atomic mass is 16.1. The van der Waals surface area contributed by atoms with Gasteiger partial charge in [-0.1, -0.05) is 45.0 Å². The summed E-state index contributed by atoms with van der Waals surface area (Å²) in [5.41, 5.74) is 0.124. The molecule has 1 N–H and O–H groups in total. The molecule has 0 heterocycles. The fourth-order valence-corrected chi connectivity index (χ4v) is 4.78. The fourth-order valence-electron chi connectivity index (χ4n) is 4.78. The Balaban J connectivity index is 1.82. The van der Waals surface area contributed by atoms with Crippen LogP contribution in [0.3, 0.4) is 0 Å². The molecule has 0 radical (unpaired) electrons. The summed E-state index contributed by atoms with van der Waals surface area (Å²) in [4.78, 5) is 25.0. The van der Waals surface area contributed by atoms with Gasteiger partial charge in [0.25, 0.3) is 5.91 Å². The number of nitriles is 1. The van der Waals surface area contributed by atoms with Crippen molar-refractivity contribution < 1.29 is 9.59 Å². The molecular weight excluding hydrogens is 312 g/mol. The molecule has 0 aromatic heterocycles. The molecule has 1 fully saturated rings. The summed E-state index contributed by atoms with van der Waals surface area (Å²) in [6, 6.07) is 11.3. The molecule has 1 amide bonds. The first-order valence-electron chi connectivity index (χ1n) is 8.81. The lowest BCUT2D eigenvalue weighted by Crippen LogP contribution is -2.53. The Morgan fingerprint density at radius 2 is 1.88 bits per heavy atom. The lowest BCUT2D eigenvalue weighted by Gasteiger charge is -2.52. The maximum absolute atomic E-state index is 12.6. The number of nitrogens with one attached hydrogen (secondary N) is 1. The van der Waals surface area contributed by atoms with Crippen molar-refractivity contribution in [2.24, 2.45) is 16.7 Å². The van der Waals surface area contributed by atoms with Crippen molar-refractivity contribution in [1.29, 1.82) is 5.26 Å². The summed E-state index contributed by atoms with van der Waals surface area (Å²) in [6.45, 7) is 6.01. The number of Topliss-reactive ketones (excluding diaryl/α,β-unsaturated/α-hetero) is 1. The smallest absolute Gasteiger partial charge is 0.251 e. The van der Waals surface area contributed by atoms with Gasteiger partial charge in [0.2, 0.25) is 0 Å². The molecule has 2 aliphatic rings. The standard InChI is InChI=1S/C21H24N2O2/c1-20(2)17-10-9-16(23-19(25)14-7-5-4-6-8-14)12-21(17,3)11-15(13-22)18(20)24/h4-8,11,16-17H,9-10,12H2,1-3H3,(H,23,25)/t16-,17-,21+/m1/s1. The Labute approximate surface area is 148 Å². The van der Waals surface area contributed by atoms with E-state index in [1.165, 1.54) is 0 Å². The lowest BCUT2D eigenvalue weighted by atomic mass is 9.52. The molecule has 0 spiro atoms. The number of benzene rings is 1. The Morgan fingerprint density at radius 1 is 1.20 bits per heavy atom. The van der Waals surface area contributed by atoms with E-state index in [1.54, 1.807) is 12.1 Å². The normalized spacial score (nSPS) is 30.6. The molecule has 3 rings (SSSR count). The van der Waals surface area contributed by atoms with E-state index in [9.17, 15) is 14.9 Å². The van der Waals surface area contributed by atoms with Crippen molar-refractivity contribution >= 4 is 11.7 Å². The third kappa shape index (κ3) is 3.00. The Hall–Kier alpha value is -2.41. The molecule has 0 unspecified atom stereocenters. The van der Waals surface area contributed by atoms with E-state index in [0.29, 0.717) is 5.56 Å². The Kier molecular flexibility index (Phi) is 4.28. The summed E-state index contributed by atoms with van der Waals surface area (Å²) in [7, 11) is 0. The zero-order valence-corrected chi connectivity index (χ0v) is 15.0. The largest absolute Gasteiger partial charge is 0.349 e. The van der Waals surface area contributed by atoms with Crippen LogP contribution in [0.1, 0.15) is 50.4 Å². The molecule has 2 aliphatic carbocycles. The van der Waals surface area contributed by atoms with Gasteiger partial charge < -0.3 is 5.32 Å². The summed E-state index contributed by atoms with van der Waals surface area (Å²) in [5.74, 6) is 0.0713. The highest BCUT2D eigenvalue weighted by Gasteiger charge is 2.53. The molecule has 1 saturated carbocycles. The summed E-state index contributed by atoms with van der Waals surface area (Å²) >= 11 is 0. The van der Waals surface area contributed by atoms with Gasteiger partial charge in [0.15, 0.2) is 5.78 Å². The average Bonchev–Trinajstić information content (AvgIpc) is 2.58. The van der Waals surface area contributed by atoms with Gasteiger partial charge in [0.05, 0.1) is 5.57 Å². The SMILES string of the molecule is CC1(C)C(=O)C(C#N)=C[C@@]2(C)C[C@H](NC(=O)c3ccccc3)CC[C@H]12. The van der Waals surface area contributed by atoms with Crippen LogP contribution in [0.5, 0.6) is 0 Å². The van der Waals surface area contributed by atoms with Gasteiger partial charge in [-0.3, -0.25) is 9.59 Å². The molecule has 1 aromatic rings. The van der Waals surface area contributed by atoms with Crippen LogP contribution in [0, 0.1) is 28.1 Å². The van der Waals surface area contributed by atoms with Crippen LogP contribution in [-0.4, -0.2) is 17.7 Å². The van der Waals surface area contributed by atoms with Crippen LogP contribution in [-0.2, 0) is 4.79 Å². The van der Waals surface area contributed by atoms with Crippen molar-refractivity contribution in [3.8, 4) is 6.07 Å². The van der Waals surface area contributed by atoms with Gasteiger partial charge in [-0.25, -0.2) is 0 Å². The van der Waals surface area contributed by atoms with Crippen molar-refractivity contribution in [3.05, 3.63) is 47.5 Å². The minimum Gasteiger partial charge on any atom is -0.349 e. The summed E-state index contributed by atoms with van der Waals surface area (Å²) < 4.78 is 0. The number of hydrogen-bond acceptors (Lipinski definition) is 3. The van der Waals surface area contributed by atoms with E-state index >= 15 is 0 Å². The number of carbonyl (C=O) groups excluding carboxylic acids is 2.